The lowest BCUT2D eigenvalue weighted by Crippen LogP contribution is -2.38. The molecule has 1 rings (SSSR count). The van der Waals surface area contributed by atoms with Crippen LogP contribution in [0.3, 0.4) is 0 Å². The highest BCUT2D eigenvalue weighted by atomic mass is 16.3. The third kappa shape index (κ3) is 4.40. The number of likely N-dealkylation sites (tertiary alicyclic amines) is 1. The predicted octanol–water partition coefficient (Wildman–Crippen LogP) is 0.831. The zero-order valence-electron chi connectivity index (χ0n) is 9.50. The fourth-order valence-corrected chi connectivity index (χ4v) is 2.09. The molecule has 0 bridgehead atoms. The number of rotatable bonds is 5. The molecule has 3 heteroatoms. The summed E-state index contributed by atoms with van der Waals surface area (Å²) in [6.45, 7) is 4.82. The minimum Gasteiger partial charge on any atom is -0.392 e. The Morgan fingerprint density at radius 3 is 2.93 bits per heavy atom. The van der Waals surface area contributed by atoms with E-state index in [1.807, 2.05) is 6.92 Å². The highest BCUT2D eigenvalue weighted by molar-refractivity contribution is 4.74. The van der Waals surface area contributed by atoms with Crippen molar-refractivity contribution in [3.05, 3.63) is 0 Å². The summed E-state index contributed by atoms with van der Waals surface area (Å²) in [4.78, 5) is 2.47. The van der Waals surface area contributed by atoms with Crippen LogP contribution in [0.5, 0.6) is 0 Å². The molecule has 0 radical (unpaired) electrons. The third-order valence-corrected chi connectivity index (χ3v) is 3.02. The number of nitrogens with one attached hydrogen (secondary N) is 1. The van der Waals surface area contributed by atoms with Gasteiger partial charge in [0.2, 0.25) is 0 Å². The topological polar surface area (TPSA) is 35.5 Å². The first kappa shape index (κ1) is 12.0. The molecule has 0 aromatic rings. The molecule has 14 heavy (non-hydrogen) atoms. The van der Waals surface area contributed by atoms with E-state index in [4.69, 9.17) is 5.11 Å². The van der Waals surface area contributed by atoms with Crippen LogP contribution < -0.4 is 5.32 Å². The quantitative estimate of drug-likeness (QED) is 0.645. The molecule has 0 aliphatic carbocycles. The van der Waals surface area contributed by atoms with Gasteiger partial charge in [-0.05, 0) is 46.3 Å². The van der Waals surface area contributed by atoms with Gasteiger partial charge in [0, 0.05) is 12.6 Å². The highest BCUT2D eigenvalue weighted by Crippen LogP contribution is 2.16. The Bertz CT molecular complexity index is 150. The molecule has 0 saturated carbocycles. The molecule has 1 heterocycles. The fraction of sp³-hybridized carbons (Fsp3) is 1.00. The van der Waals surface area contributed by atoms with Gasteiger partial charge in [0.15, 0.2) is 0 Å². The monoisotopic (exact) mass is 200 g/mol. The Balaban J connectivity index is 2.04. The molecule has 1 aliphatic heterocycles. The second-order valence-electron chi connectivity index (χ2n) is 4.47. The summed E-state index contributed by atoms with van der Waals surface area (Å²) >= 11 is 0. The van der Waals surface area contributed by atoms with Crippen molar-refractivity contribution in [1.82, 2.24) is 10.2 Å². The van der Waals surface area contributed by atoms with Crippen LogP contribution in [0.15, 0.2) is 0 Å². The van der Waals surface area contributed by atoms with Crippen LogP contribution in [0.4, 0.5) is 0 Å². The number of hydrogen-bond donors (Lipinski definition) is 2. The van der Waals surface area contributed by atoms with E-state index in [9.17, 15) is 0 Å². The van der Waals surface area contributed by atoms with Crippen molar-refractivity contribution in [2.24, 2.45) is 0 Å². The normalized spacial score (nSPS) is 26.4. The number of aliphatic hydroxyl groups excluding tert-OH is 1. The van der Waals surface area contributed by atoms with Gasteiger partial charge in [-0.25, -0.2) is 0 Å². The van der Waals surface area contributed by atoms with E-state index in [-0.39, 0.29) is 6.10 Å². The van der Waals surface area contributed by atoms with Crippen LogP contribution in [-0.4, -0.2) is 48.8 Å². The van der Waals surface area contributed by atoms with E-state index in [1.165, 1.54) is 32.2 Å². The smallest absolute Gasteiger partial charge is 0.0636 e. The lowest BCUT2D eigenvalue weighted by Gasteiger charge is -2.32. The minimum absolute atomic E-state index is 0.223. The predicted molar refractivity (Wildman–Crippen MR) is 59.4 cm³/mol. The van der Waals surface area contributed by atoms with Gasteiger partial charge in [0.05, 0.1) is 6.10 Å². The molecular weight excluding hydrogens is 176 g/mol. The molecule has 0 aromatic carbocycles. The minimum atomic E-state index is -0.223. The van der Waals surface area contributed by atoms with Crippen LogP contribution in [0.1, 0.15) is 32.6 Å². The molecule has 1 fully saturated rings. The van der Waals surface area contributed by atoms with Gasteiger partial charge in [-0.2, -0.15) is 0 Å². The molecule has 0 spiro atoms. The molecule has 3 nitrogen and oxygen atoms in total. The Hall–Kier alpha value is -0.120. The van der Waals surface area contributed by atoms with Crippen molar-refractivity contribution in [2.75, 3.05) is 26.7 Å². The first-order valence-electron chi connectivity index (χ1n) is 5.79. The zero-order valence-corrected chi connectivity index (χ0v) is 9.50. The second-order valence-corrected chi connectivity index (χ2v) is 4.47. The van der Waals surface area contributed by atoms with Crippen molar-refractivity contribution in [2.45, 2.75) is 44.8 Å². The largest absolute Gasteiger partial charge is 0.392 e. The molecule has 2 unspecified atom stereocenters. The van der Waals surface area contributed by atoms with Crippen LogP contribution in [0.25, 0.3) is 0 Å². The average Bonchev–Trinajstić information content (AvgIpc) is 2.15. The van der Waals surface area contributed by atoms with Crippen LogP contribution >= 0.6 is 0 Å². The van der Waals surface area contributed by atoms with Gasteiger partial charge >= 0.3 is 0 Å². The van der Waals surface area contributed by atoms with Gasteiger partial charge in [-0.15, -0.1) is 0 Å². The van der Waals surface area contributed by atoms with Gasteiger partial charge in [-0.1, -0.05) is 6.42 Å². The Labute approximate surface area is 87.5 Å². The Morgan fingerprint density at radius 2 is 2.29 bits per heavy atom. The van der Waals surface area contributed by atoms with E-state index in [2.05, 4.69) is 17.3 Å². The number of piperidine rings is 1. The molecule has 2 N–H and O–H groups in total. The van der Waals surface area contributed by atoms with E-state index < -0.39 is 0 Å². The molecule has 0 amide bonds. The van der Waals surface area contributed by atoms with Crippen molar-refractivity contribution < 1.29 is 5.11 Å². The summed E-state index contributed by atoms with van der Waals surface area (Å²) in [5, 5.41) is 12.3. The average molecular weight is 200 g/mol. The third-order valence-electron chi connectivity index (χ3n) is 3.02. The SMILES string of the molecule is CC(O)CNCCC1CCCCN1C. The summed E-state index contributed by atoms with van der Waals surface area (Å²) in [6, 6.07) is 0.755. The highest BCUT2D eigenvalue weighted by Gasteiger charge is 2.17. The molecule has 2 atom stereocenters. The summed E-state index contributed by atoms with van der Waals surface area (Å²) in [6.07, 6.45) is 5.06. The van der Waals surface area contributed by atoms with Crippen LogP contribution in [0.2, 0.25) is 0 Å². The molecule has 0 aromatic heterocycles. The van der Waals surface area contributed by atoms with E-state index in [1.54, 1.807) is 0 Å². The first-order valence-corrected chi connectivity index (χ1v) is 5.79. The summed E-state index contributed by atoms with van der Waals surface area (Å²) in [5.74, 6) is 0. The fourth-order valence-electron chi connectivity index (χ4n) is 2.09. The standard InChI is InChI=1S/C11H24N2O/c1-10(14)9-12-7-6-11-5-3-4-8-13(11)2/h10-12,14H,3-9H2,1-2H3. The maximum atomic E-state index is 9.07. The van der Waals surface area contributed by atoms with E-state index >= 15 is 0 Å². The second kappa shape index (κ2) is 6.38. The van der Waals surface area contributed by atoms with Crippen molar-refractivity contribution in [3.8, 4) is 0 Å². The maximum Gasteiger partial charge on any atom is 0.0636 e. The maximum absolute atomic E-state index is 9.07. The molecule has 1 saturated heterocycles. The summed E-state index contributed by atoms with van der Waals surface area (Å²) in [7, 11) is 2.22. The molecule has 1 aliphatic rings. The van der Waals surface area contributed by atoms with Gasteiger partial charge in [-0.3, -0.25) is 0 Å². The zero-order chi connectivity index (χ0) is 10.4. The van der Waals surface area contributed by atoms with Crippen LogP contribution in [-0.2, 0) is 0 Å². The summed E-state index contributed by atoms with van der Waals surface area (Å²) in [5.41, 5.74) is 0. The van der Waals surface area contributed by atoms with E-state index in [0.717, 1.165) is 19.1 Å². The van der Waals surface area contributed by atoms with Gasteiger partial charge < -0.3 is 15.3 Å². The van der Waals surface area contributed by atoms with Gasteiger partial charge in [0.25, 0.3) is 0 Å². The lowest BCUT2D eigenvalue weighted by molar-refractivity contribution is 0.167. The van der Waals surface area contributed by atoms with Crippen molar-refractivity contribution in [1.29, 1.82) is 0 Å². The lowest BCUT2D eigenvalue weighted by atomic mass is 10.0. The number of nitrogens with zero attached hydrogens (tertiary/aromatic N) is 1. The van der Waals surface area contributed by atoms with Crippen molar-refractivity contribution in [3.63, 3.8) is 0 Å². The Kier molecular flexibility index (Phi) is 5.45. The number of hydrogen-bond acceptors (Lipinski definition) is 3. The molecular formula is C11H24N2O. The Morgan fingerprint density at radius 1 is 1.50 bits per heavy atom. The van der Waals surface area contributed by atoms with E-state index in [0.29, 0.717) is 0 Å². The first-order chi connectivity index (χ1) is 6.70. The summed E-state index contributed by atoms with van der Waals surface area (Å²) < 4.78 is 0. The molecule has 84 valence electrons. The van der Waals surface area contributed by atoms with Crippen LogP contribution in [0, 0.1) is 0 Å². The van der Waals surface area contributed by atoms with Gasteiger partial charge in [0.1, 0.15) is 0 Å². The number of aliphatic hydroxyl groups is 1. The van der Waals surface area contributed by atoms with Crippen molar-refractivity contribution >= 4 is 0 Å².